The van der Waals surface area contributed by atoms with Crippen LogP contribution in [0.2, 0.25) is 0 Å². The maximum Gasteiger partial charge on any atom is 0.417 e. The fraction of sp³-hybridized carbons (Fsp3) is 0.370. The van der Waals surface area contributed by atoms with Crippen LogP contribution < -0.4 is 15.4 Å². The molecule has 0 radical (unpaired) electrons. The Bertz CT molecular complexity index is 1290. The SMILES string of the molecule is CC(C)c1cccc(COc2nc(N3CCN(C)CC3)ncc2Sc2ccc(C(N)=O)c(C(F)(F)F)c2)c1. The number of anilines is 1. The second-order valence-corrected chi connectivity index (χ2v) is 10.6. The van der Waals surface area contributed by atoms with Crippen molar-refractivity contribution in [3.8, 4) is 5.88 Å². The van der Waals surface area contributed by atoms with Crippen LogP contribution in [-0.4, -0.2) is 54.0 Å². The Hall–Kier alpha value is -3.31. The molecule has 38 heavy (non-hydrogen) atoms. The molecular weight excluding hydrogens is 515 g/mol. The first-order valence-corrected chi connectivity index (χ1v) is 13.0. The first-order chi connectivity index (χ1) is 18.0. The minimum Gasteiger partial charge on any atom is -0.472 e. The number of aromatic nitrogens is 2. The average Bonchev–Trinajstić information content (AvgIpc) is 2.88. The topological polar surface area (TPSA) is 84.6 Å². The van der Waals surface area contributed by atoms with Gasteiger partial charge in [0.05, 0.1) is 22.2 Å². The lowest BCUT2D eigenvalue weighted by Gasteiger charge is -2.32. The van der Waals surface area contributed by atoms with Gasteiger partial charge in [-0.05, 0) is 42.3 Å². The maximum absolute atomic E-state index is 13.6. The molecule has 0 atom stereocenters. The number of likely N-dealkylation sites (N-methyl/N-ethyl adjacent to an activating group) is 1. The lowest BCUT2D eigenvalue weighted by atomic mass is 10.0. The van der Waals surface area contributed by atoms with Crippen molar-refractivity contribution in [2.75, 3.05) is 38.1 Å². The molecule has 1 fully saturated rings. The molecule has 2 aromatic carbocycles. The number of ether oxygens (including phenoxy) is 1. The van der Waals surface area contributed by atoms with Gasteiger partial charge in [0.2, 0.25) is 17.7 Å². The van der Waals surface area contributed by atoms with E-state index in [1.807, 2.05) is 12.1 Å². The number of carbonyl (C=O) groups is 1. The Morgan fingerprint density at radius 1 is 1.13 bits per heavy atom. The largest absolute Gasteiger partial charge is 0.472 e. The summed E-state index contributed by atoms with van der Waals surface area (Å²) >= 11 is 1.03. The summed E-state index contributed by atoms with van der Waals surface area (Å²) < 4.78 is 47.0. The third-order valence-corrected chi connectivity index (χ3v) is 7.27. The smallest absolute Gasteiger partial charge is 0.417 e. The van der Waals surface area contributed by atoms with E-state index in [0.29, 0.717) is 16.8 Å². The molecule has 11 heteroatoms. The van der Waals surface area contributed by atoms with Crippen LogP contribution in [0.1, 0.15) is 46.8 Å². The van der Waals surface area contributed by atoms with E-state index in [1.165, 1.54) is 11.6 Å². The minimum atomic E-state index is -4.73. The Balaban J connectivity index is 1.65. The summed E-state index contributed by atoms with van der Waals surface area (Å²) in [7, 11) is 2.05. The van der Waals surface area contributed by atoms with E-state index in [-0.39, 0.29) is 17.4 Å². The van der Waals surface area contributed by atoms with E-state index in [1.54, 1.807) is 6.20 Å². The van der Waals surface area contributed by atoms with Crippen LogP contribution in [0.4, 0.5) is 19.1 Å². The molecule has 1 aliphatic rings. The number of nitrogens with two attached hydrogens (primary N) is 1. The predicted octanol–water partition coefficient (Wildman–Crippen LogP) is 5.20. The van der Waals surface area contributed by atoms with Crippen LogP contribution in [0.5, 0.6) is 5.88 Å². The number of piperazine rings is 1. The zero-order valence-corrected chi connectivity index (χ0v) is 22.3. The second-order valence-electron chi connectivity index (χ2n) is 9.49. The monoisotopic (exact) mass is 545 g/mol. The molecule has 1 saturated heterocycles. The van der Waals surface area contributed by atoms with E-state index in [0.717, 1.165) is 55.6 Å². The van der Waals surface area contributed by atoms with Crippen molar-refractivity contribution in [2.24, 2.45) is 5.73 Å². The number of primary amides is 1. The van der Waals surface area contributed by atoms with Crippen LogP contribution in [0.15, 0.2) is 58.5 Å². The molecule has 0 saturated carbocycles. The van der Waals surface area contributed by atoms with Gasteiger partial charge in [0, 0.05) is 31.1 Å². The fourth-order valence-electron chi connectivity index (χ4n) is 4.04. The molecule has 0 unspecified atom stereocenters. The number of benzene rings is 2. The highest BCUT2D eigenvalue weighted by atomic mass is 32.2. The quantitative estimate of drug-likeness (QED) is 0.417. The number of alkyl halides is 3. The van der Waals surface area contributed by atoms with E-state index < -0.39 is 23.2 Å². The highest BCUT2D eigenvalue weighted by Crippen LogP contribution is 2.39. The standard InChI is InChI=1S/C27H30F3N5O2S/c1-17(2)19-6-4-5-18(13-19)16-37-25-23(15-32-26(33-25)35-11-9-34(3)10-12-35)38-20-7-8-21(24(31)36)22(14-20)27(28,29)30/h4-8,13-15,17H,9-12,16H2,1-3H3,(H2,31,36). The van der Waals surface area contributed by atoms with Crippen molar-refractivity contribution in [2.45, 2.75) is 42.3 Å². The van der Waals surface area contributed by atoms with Crippen LogP contribution >= 0.6 is 11.8 Å². The van der Waals surface area contributed by atoms with Crippen LogP contribution in [0.3, 0.4) is 0 Å². The van der Waals surface area contributed by atoms with Crippen molar-refractivity contribution in [3.63, 3.8) is 0 Å². The Morgan fingerprint density at radius 3 is 2.53 bits per heavy atom. The first kappa shape index (κ1) is 27.7. The molecule has 1 aromatic heterocycles. The molecule has 2 N–H and O–H groups in total. The van der Waals surface area contributed by atoms with E-state index in [2.05, 4.69) is 52.8 Å². The van der Waals surface area contributed by atoms with Crippen LogP contribution in [0, 0.1) is 0 Å². The number of carbonyl (C=O) groups excluding carboxylic acids is 1. The van der Waals surface area contributed by atoms with Gasteiger partial charge >= 0.3 is 6.18 Å². The van der Waals surface area contributed by atoms with Crippen molar-refractivity contribution < 1.29 is 22.7 Å². The predicted molar refractivity (Wildman–Crippen MR) is 141 cm³/mol. The van der Waals surface area contributed by atoms with Gasteiger partial charge in [-0.2, -0.15) is 18.2 Å². The van der Waals surface area contributed by atoms with E-state index in [9.17, 15) is 18.0 Å². The summed E-state index contributed by atoms with van der Waals surface area (Å²) in [5.41, 5.74) is 5.63. The molecule has 7 nitrogen and oxygen atoms in total. The summed E-state index contributed by atoms with van der Waals surface area (Å²) in [5.74, 6) is 0.00592. The second kappa shape index (κ2) is 11.6. The number of nitrogens with zero attached hydrogens (tertiary/aromatic N) is 4. The molecule has 0 bridgehead atoms. The molecule has 2 heterocycles. The maximum atomic E-state index is 13.6. The lowest BCUT2D eigenvalue weighted by molar-refractivity contribution is -0.138. The molecule has 0 aliphatic carbocycles. The van der Waals surface area contributed by atoms with Gasteiger partial charge in [-0.3, -0.25) is 4.79 Å². The third kappa shape index (κ3) is 6.76. The molecular formula is C27H30F3N5O2S. The molecule has 4 rings (SSSR count). The molecule has 3 aromatic rings. The summed E-state index contributed by atoms with van der Waals surface area (Å²) in [6.07, 6.45) is -3.16. The minimum absolute atomic E-state index is 0.238. The van der Waals surface area contributed by atoms with Gasteiger partial charge in [-0.1, -0.05) is 49.9 Å². The molecule has 1 amide bonds. The van der Waals surface area contributed by atoms with Gasteiger partial charge in [-0.15, -0.1) is 0 Å². The zero-order valence-electron chi connectivity index (χ0n) is 21.5. The van der Waals surface area contributed by atoms with Gasteiger partial charge in [-0.25, -0.2) is 4.98 Å². The van der Waals surface area contributed by atoms with Crippen molar-refractivity contribution in [3.05, 3.63) is 70.9 Å². The van der Waals surface area contributed by atoms with Gasteiger partial charge < -0.3 is 20.3 Å². The fourth-order valence-corrected chi connectivity index (χ4v) is 4.90. The Morgan fingerprint density at radius 2 is 1.87 bits per heavy atom. The van der Waals surface area contributed by atoms with Crippen molar-refractivity contribution in [1.29, 1.82) is 0 Å². The van der Waals surface area contributed by atoms with Crippen molar-refractivity contribution >= 4 is 23.6 Å². The molecule has 1 aliphatic heterocycles. The normalized spacial score (nSPS) is 14.7. The third-order valence-electron chi connectivity index (χ3n) is 6.28. The highest BCUT2D eigenvalue weighted by Gasteiger charge is 2.35. The van der Waals surface area contributed by atoms with Gasteiger partial charge in [0.25, 0.3) is 0 Å². The number of hydrogen-bond donors (Lipinski definition) is 1. The van der Waals surface area contributed by atoms with Gasteiger partial charge in [0.15, 0.2) is 0 Å². The zero-order chi connectivity index (χ0) is 27.4. The molecule has 0 spiro atoms. The Labute approximate surface area is 224 Å². The number of amides is 1. The summed E-state index contributed by atoms with van der Waals surface area (Å²) in [6.45, 7) is 7.70. The summed E-state index contributed by atoms with van der Waals surface area (Å²) in [6, 6.07) is 11.5. The first-order valence-electron chi connectivity index (χ1n) is 12.2. The van der Waals surface area contributed by atoms with Crippen LogP contribution in [0.25, 0.3) is 0 Å². The molecule has 202 valence electrons. The summed E-state index contributed by atoms with van der Waals surface area (Å²) in [4.78, 5) is 25.7. The lowest BCUT2D eigenvalue weighted by Crippen LogP contribution is -2.45. The number of halogens is 3. The highest BCUT2D eigenvalue weighted by molar-refractivity contribution is 7.99. The number of hydrogen-bond acceptors (Lipinski definition) is 7. The average molecular weight is 546 g/mol. The van der Waals surface area contributed by atoms with E-state index in [4.69, 9.17) is 10.5 Å². The van der Waals surface area contributed by atoms with E-state index >= 15 is 0 Å². The Kier molecular flexibility index (Phi) is 8.47. The summed E-state index contributed by atoms with van der Waals surface area (Å²) in [5, 5.41) is 0. The number of rotatable bonds is 8. The van der Waals surface area contributed by atoms with Crippen LogP contribution in [-0.2, 0) is 12.8 Å². The van der Waals surface area contributed by atoms with Crippen molar-refractivity contribution in [1.82, 2.24) is 14.9 Å². The van der Waals surface area contributed by atoms with Gasteiger partial charge in [0.1, 0.15) is 6.61 Å².